The van der Waals surface area contributed by atoms with E-state index in [1.807, 2.05) is 19.1 Å². The summed E-state index contributed by atoms with van der Waals surface area (Å²) in [5.41, 5.74) is 3.17. The Kier molecular flexibility index (Phi) is 5.03. The molecule has 0 saturated heterocycles. The Hall–Kier alpha value is -3.54. The van der Waals surface area contributed by atoms with E-state index in [2.05, 4.69) is 10.5 Å². The molecule has 0 spiro atoms. The Balaban J connectivity index is 1.76. The number of hydrogen-bond acceptors (Lipinski definition) is 5. The average Bonchev–Trinajstić information content (AvgIpc) is 2.65. The minimum atomic E-state index is -0.520. The summed E-state index contributed by atoms with van der Waals surface area (Å²) in [5, 5.41) is 25.3. The van der Waals surface area contributed by atoms with Crippen molar-refractivity contribution in [3.8, 4) is 17.2 Å². The third-order valence-electron chi connectivity index (χ3n) is 3.81. The number of benzene rings is 3. The van der Waals surface area contributed by atoms with Gasteiger partial charge < -0.3 is 14.9 Å². The van der Waals surface area contributed by atoms with E-state index < -0.39 is 5.91 Å². The molecule has 6 nitrogen and oxygen atoms in total. The summed E-state index contributed by atoms with van der Waals surface area (Å²) < 4.78 is 5.30. The minimum Gasteiger partial charge on any atom is -0.506 e. The third kappa shape index (κ3) is 3.59. The van der Waals surface area contributed by atoms with Crippen molar-refractivity contribution in [3.05, 3.63) is 65.7 Å². The molecule has 0 heterocycles. The number of carbonyl (C=O) groups is 1. The normalized spacial score (nSPS) is 11.0. The molecular formula is C20H18N2O4. The van der Waals surface area contributed by atoms with Crippen LogP contribution in [-0.2, 0) is 0 Å². The summed E-state index contributed by atoms with van der Waals surface area (Å²) in [4.78, 5) is 12.3. The van der Waals surface area contributed by atoms with Gasteiger partial charge in [-0.1, -0.05) is 30.3 Å². The zero-order chi connectivity index (χ0) is 18.5. The van der Waals surface area contributed by atoms with E-state index in [0.29, 0.717) is 23.3 Å². The van der Waals surface area contributed by atoms with Crippen molar-refractivity contribution in [1.82, 2.24) is 5.43 Å². The molecule has 3 aromatic rings. The lowest BCUT2D eigenvalue weighted by Crippen LogP contribution is -2.17. The highest BCUT2D eigenvalue weighted by Gasteiger charge is 2.13. The molecule has 0 unspecified atom stereocenters. The first-order valence-electron chi connectivity index (χ1n) is 8.10. The molecule has 0 aliphatic carbocycles. The largest absolute Gasteiger partial charge is 0.506 e. The molecule has 132 valence electrons. The molecule has 1 amide bonds. The number of rotatable bonds is 5. The zero-order valence-corrected chi connectivity index (χ0v) is 14.1. The Morgan fingerprint density at radius 3 is 2.77 bits per heavy atom. The second-order valence-electron chi connectivity index (χ2n) is 5.54. The van der Waals surface area contributed by atoms with E-state index in [0.717, 1.165) is 5.39 Å². The van der Waals surface area contributed by atoms with Gasteiger partial charge in [0.15, 0.2) is 11.5 Å². The number of phenols is 2. The number of fused-ring (bicyclic) bond motifs is 1. The maximum Gasteiger partial charge on any atom is 0.275 e. The van der Waals surface area contributed by atoms with Crippen LogP contribution in [0.2, 0.25) is 0 Å². The average molecular weight is 350 g/mol. The molecule has 0 fully saturated rings. The molecular weight excluding hydrogens is 332 g/mol. The van der Waals surface area contributed by atoms with Gasteiger partial charge in [-0.15, -0.1) is 0 Å². The first-order chi connectivity index (χ1) is 12.6. The van der Waals surface area contributed by atoms with Gasteiger partial charge in [0.1, 0.15) is 5.75 Å². The second kappa shape index (κ2) is 7.57. The van der Waals surface area contributed by atoms with Crippen LogP contribution in [0, 0.1) is 0 Å². The molecule has 3 aromatic carbocycles. The Morgan fingerprint density at radius 1 is 1.15 bits per heavy atom. The molecule has 6 heteroatoms. The summed E-state index contributed by atoms with van der Waals surface area (Å²) >= 11 is 0. The van der Waals surface area contributed by atoms with Crippen LogP contribution < -0.4 is 10.2 Å². The lowest BCUT2D eigenvalue weighted by molar-refractivity contribution is 0.0952. The summed E-state index contributed by atoms with van der Waals surface area (Å²) in [7, 11) is 0. The topological polar surface area (TPSA) is 91.2 Å². The number of amides is 1. The van der Waals surface area contributed by atoms with Gasteiger partial charge in [0, 0.05) is 5.39 Å². The third-order valence-corrected chi connectivity index (χ3v) is 3.81. The van der Waals surface area contributed by atoms with Crippen molar-refractivity contribution in [2.24, 2.45) is 5.10 Å². The maximum atomic E-state index is 12.3. The Morgan fingerprint density at radius 2 is 1.96 bits per heavy atom. The smallest absolute Gasteiger partial charge is 0.275 e. The Labute approximate surface area is 150 Å². The van der Waals surface area contributed by atoms with Crippen molar-refractivity contribution in [3.63, 3.8) is 0 Å². The fourth-order valence-electron chi connectivity index (χ4n) is 2.55. The molecule has 3 N–H and O–H groups in total. The van der Waals surface area contributed by atoms with Gasteiger partial charge in [-0.25, -0.2) is 5.43 Å². The van der Waals surface area contributed by atoms with Gasteiger partial charge in [0.2, 0.25) is 0 Å². The van der Waals surface area contributed by atoms with Gasteiger partial charge >= 0.3 is 0 Å². The Bertz CT molecular complexity index is 983. The number of carbonyl (C=O) groups excluding carboxylic acids is 1. The van der Waals surface area contributed by atoms with Crippen LogP contribution in [0.3, 0.4) is 0 Å². The summed E-state index contributed by atoms with van der Waals surface area (Å²) in [6.07, 6.45) is 1.43. The van der Waals surface area contributed by atoms with E-state index in [1.165, 1.54) is 12.3 Å². The van der Waals surface area contributed by atoms with Crippen molar-refractivity contribution in [1.29, 1.82) is 0 Å². The SMILES string of the molecule is CCOc1cc(/C=N/NC(=O)c2ccc3ccccc3c2O)ccc1O. The highest BCUT2D eigenvalue weighted by molar-refractivity contribution is 6.03. The van der Waals surface area contributed by atoms with Crippen LogP contribution in [0.15, 0.2) is 59.7 Å². The van der Waals surface area contributed by atoms with Gasteiger partial charge in [-0.05, 0) is 42.1 Å². The summed E-state index contributed by atoms with van der Waals surface area (Å²) in [6, 6.07) is 15.3. The molecule has 0 bridgehead atoms. The molecule has 26 heavy (non-hydrogen) atoms. The number of hydrazone groups is 1. The molecule has 0 aliphatic rings. The minimum absolute atomic E-state index is 0.0362. The second-order valence-corrected chi connectivity index (χ2v) is 5.54. The van der Waals surface area contributed by atoms with Gasteiger partial charge in [0.25, 0.3) is 5.91 Å². The zero-order valence-electron chi connectivity index (χ0n) is 14.1. The van der Waals surface area contributed by atoms with Crippen LogP contribution in [-0.4, -0.2) is 28.9 Å². The summed E-state index contributed by atoms with van der Waals surface area (Å²) in [5.74, 6) is -0.226. The number of ether oxygens (including phenoxy) is 1. The van der Waals surface area contributed by atoms with Crippen molar-refractivity contribution < 1.29 is 19.7 Å². The van der Waals surface area contributed by atoms with Crippen LogP contribution in [0.25, 0.3) is 10.8 Å². The summed E-state index contributed by atoms with van der Waals surface area (Å²) in [6.45, 7) is 2.24. The molecule has 0 aromatic heterocycles. The number of nitrogens with zero attached hydrogens (tertiary/aromatic N) is 1. The van der Waals surface area contributed by atoms with Crippen LogP contribution in [0.5, 0.6) is 17.2 Å². The number of nitrogens with one attached hydrogen (secondary N) is 1. The molecule has 3 rings (SSSR count). The number of hydrogen-bond donors (Lipinski definition) is 3. The highest BCUT2D eigenvalue weighted by atomic mass is 16.5. The predicted molar refractivity (Wildman–Crippen MR) is 99.9 cm³/mol. The molecule has 0 aliphatic heterocycles. The quantitative estimate of drug-likeness (QED) is 0.486. The first-order valence-corrected chi connectivity index (χ1v) is 8.10. The van der Waals surface area contributed by atoms with E-state index in [9.17, 15) is 15.0 Å². The monoisotopic (exact) mass is 350 g/mol. The van der Waals surface area contributed by atoms with E-state index >= 15 is 0 Å². The maximum absolute atomic E-state index is 12.3. The van der Waals surface area contributed by atoms with Crippen LogP contribution >= 0.6 is 0 Å². The molecule has 0 radical (unpaired) electrons. The lowest BCUT2D eigenvalue weighted by atomic mass is 10.1. The van der Waals surface area contributed by atoms with Gasteiger partial charge in [0.05, 0.1) is 18.4 Å². The van der Waals surface area contributed by atoms with Crippen molar-refractivity contribution >= 4 is 22.9 Å². The predicted octanol–water partition coefficient (Wildman–Crippen LogP) is 3.41. The number of phenolic OH excluding ortho intramolecular Hbond substituents is 2. The number of aromatic hydroxyl groups is 2. The van der Waals surface area contributed by atoms with Crippen molar-refractivity contribution in [2.45, 2.75) is 6.92 Å². The van der Waals surface area contributed by atoms with Crippen LogP contribution in [0.4, 0.5) is 0 Å². The van der Waals surface area contributed by atoms with E-state index in [-0.39, 0.29) is 17.1 Å². The van der Waals surface area contributed by atoms with E-state index in [4.69, 9.17) is 4.74 Å². The van der Waals surface area contributed by atoms with Gasteiger partial charge in [-0.3, -0.25) is 4.79 Å². The van der Waals surface area contributed by atoms with Crippen molar-refractivity contribution in [2.75, 3.05) is 6.61 Å². The fraction of sp³-hybridized carbons (Fsp3) is 0.100. The lowest BCUT2D eigenvalue weighted by Gasteiger charge is -2.07. The molecule has 0 saturated carbocycles. The van der Waals surface area contributed by atoms with Gasteiger partial charge in [-0.2, -0.15) is 5.10 Å². The first kappa shape index (κ1) is 17.3. The van der Waals surface area contributed by atoms with Crippen LogP contribution in [0.1, 0.15) is 22.8 Å². The van der Waals surface area contributed by atoms with E-state index in [1.54, 1.807) is 36.4 Å². The molecule has 0 atom stereocenters. The fourth-order valence-corrected chi connectivity index (χ4v) is 2.55. The standard InChI is InChI=1S/C20H18N2O4/c1-2-26-18-11-13(7-10-17(18)23)12-21-22-20(25)16-9-8-14-5-3-4-6-15(14)19(16)24/h3-12,23-24H,2H2,1H3,(H,22,25)/b21-12+. The highest BCUT2D eigenvalue weighted by Crippen LogP contribution is 2.28.